The summed E-state index contributed by atoms with van der Waals surface area (Å²) in [6, 6.07) is 0. The van der Waals surface area contributed by atoms with Crippen LogP contribution in [0.15, 0.2) is 0 Å². The van der Waals surface area contributed by atoms with E-state index in [9.17, 15) is 18.1 Å². The number of hydrogen-bond donors (Lipinski definition) is 1. The quantitative estimate of drug-likeness (QED) is 0.146. The van der Waals surface area contributed by atoms with Gasteiger partial charge in [-0.2, -0.15) is 0 Å². The first-order valence-electron chi connectivity index (χ1n) is 12.5. The van der Waals surface area contributed by atoms with Gasteiger partial charge < -0.3 is 9.66 Å². The van der Waals surface area contributed by atoms with Gasteiger partial charge in [0.2, 0.25) is 0 Å². The zero-order chi connectivity index (χ0) is 21.8. The van der Waals surface area contributed by atoms with Crippen molar-refractivity contribution in [2.75, 3.05) is 0 Å². The van der Waals surface area contributed by atoms with Crippen LogP contribution in [-0.2, 0) is 10.1 Å². The normalized spacial score (nSPS) is 13.7. The van der Waals surface area contributed by atoms with Crippen LogP contribution in [-0.4, -0.2) is 29.4 Å². The van der Waals surface area contributed by atoms with Crippen LogP contribution in [0, 0.1) is 0 Å². The topological polar surface area (TPSA) is 77.4 Å². The Labute approximate surface area is 230 Å². The van der Waals surface area contributed by atoms with E-state index in [-0.39, 0.29) is 57.5 Å². The number of hydrogen-bond acceptors (Lipinski definition) is 4. The van der Waals surface area contributed by atoms with Gasteiger partial charge in [-0.1, -0.05) is 110 Å². The number of aliphatic hydroxyl groups excluding tert-OH is 1. The molecule has 0 fully saturated rings. The van der Waals surface area contributed by atoms with Gasteiger partial charge in [-0.3, -0.25) is 0 Å². The van der Waals surface area contributed by atoms with Gasteiger partial charge in [-0.05, 0) is 32.1 Å². The van der Waals surface area contributed by atoms with E-state index in [2.05, 4.69) is 13.8 Å². The van der Waals surface area contributed by atoms with Crippen LogP contribution < -0.4 is 51.4 Å². The molecule has 0 rings (SSSR count). The molecule has 6 heteroatoms. The molecule has 0 aliphatic heterocycles. The third-order valence-corrected chi connectivity index (χ3v) is 7.28. The van der Waals surface area contributed by atoms with Crippen molar-refractivity contribution in [1.29, 1.82) is 0 Å². The van der Waals surface area contributed by atoms with Crippen molar-refractivity contribution in [3.63, 3.8) is 0 Å². The third-order valence-electron chi connectivity index (χ3n) is 5.99. The van der Waals surface area contributed by atoms with Crippen LogP contribution >= 0.6 is 0 Å². The second kappa shape index (κ2) is 23.7. The van der Waals surface area contributed by atoms with Crippen molar-refractivity contribution in [1.82, 2.24) is 0 Å². The maximum absolute atomic E-state index is 11.4. The maximum atomic E-state index is 11.4. The third kappa shape index (κ3) is 22.7. The summed E-state index contributed by atoms with van der Waals surface area (Å²) in [5, 5.41) is 9.34. The molecule has 30 heavy (non-hydrogen) atoms. The molecule has 0 aliphatic rings. The Morgan fingerprint density at radius 3 is 1.40 bits per heavy atom. The van der Waals surface area contributed by atoms with E-state index in [1.807, 2.05) is 0 Å². The van der Waals surface area contributed by atoms with Crippen molar-refractivity contribution in [2.24, 2.45) is 0 Å². The SMILES string of the molecule is CCCCCCCCCCCCCCC(O)CCCC(CCCCC)S(=O)(=O)[O-].[K+]. The van der Waals surface area contributed by atoms with Gasteiger partial charge in [0.05, 0.1) is 16.2 Å². The van der Waals surface area contributed by atoms with Gasteiger partial charge in [0.15, 0.2) is 0 Å². The smallest absolute Gasteiger partial charge is 0.748 e. The van der Waals surface area contributed by atoms with Gasteiger partial charge in [0, 0.05) is 5.25 Å². The summed E-state index contributed by atoms with van der Waals surface area (Å²) in [5.41, 5.74) is 0. The Morgan fingerprint density at radius 1 is 0.600 bits per heavy atom. The average Bonchev–Trinajstić information content (AvgIpc) is 2.67. The van der Waals surface area contributed by atoms with Crippen molar-refractivity contribution >= 4 is 10.1 Å². The van der Waals surface area contributed by atoms with Crippen LogP contribution in [0.25, 0.3) is 0 Å². The Bertz CT molecular complexity index is 442. The standard InChI is InChI=1S/C24H50O4S.K/c1-3-5-7-8-9-10-11-12-13-14-15-17-19-23(25)20-18-22-24(29(26,27)28)21-16-6-4-2;/h23-25H,3-22H2,1-2H3,(H,26,27,28);/q;+1/p-1. The van der Waals surface area contributed by atoms with Gasteiger partial charge >= 0.3 is 51.4 Å². The molecule has 0 saturated carbocycles. The van der Waals surface area contributed by atoms with E-state index in [0.717, 1.165) is 32.1 Å². The van der Waals surface area contributed by atoms with E-state index in [1.165, 1.54) is 70.6 Å². The maximum Gasteiger partial charge on any atom is 1.00 e. The summed E-state index contributed by atoms with van der Waals surface area (Å²) in [6.07, 6.45) is 21.0. The molecule has 4 nitrogen and oxygen atoms in total. The molecule has 2 unspecified atom stereocenters. The van der Waals surface area contributed by atoms with Crippen LogP contribution in [0.2, 0.25) is 0 Å². The van der Waals surface area contributed by atoms with Gasteiger partial charge in [0.1, 0.15) is 0 Å². The average molecular weight is 473 g/mol. The minimum Gasteiger partial charge on any atom is -0.748 e. The van der Waals surface area contributed by atoms with E-state index < -0.39 is 15.4 Å². The largest absolute Gasteiger partial charge is 1.00 e. The molecule has 0 aromatic heterocycles. The predicted molar refractivity (Wildman–Crippen MR) is 123 cm³/mol. The van der Waals surface area contributed by atoms with Crippen molar-refractivity contribution in [3.8, 4) is 0 Å². The molecular weight excluding hydrogens is 423 g/mol. The fourth-order valence-electron chi connectivity index (χ4n) is 4.00. The Morgan fingerprint density at radius 2 is 0.933 bits per heavy atom. The van der Waals surface area contributed by atoms with Gasteiger partial charge in [0.25, 0.3) is 0 Å². The summed E-state index contributed by atoms with van der Waals surface area (Å²) in [6.45, 7) is 4.32. The van der Waals surface area contributed by atoms with Crippen LogP contribution in [0.3, 0.4) is 0 Å². The molecule has 0 saturated heterocycles. The van der Waals surface area contributed by atoms with Gasteiger partial charge in [-0.25, -0.2) is 8.42 Å². The van der Waals surface area contributed by atoms with E-state index in [1.54, 1.807) is 0 Å². The Balaban J connectivity index is 0. The Hall–Kier alpha value is 1.51. The monoisotopic (exact) mass is 472 g/mol. The van der Waals surface area contributed by atoms with E-state index >= 15 is 0 Å². The molecule has 0 spiro atoms. The first-order chi connectivity index (χ1) is 13.9. The predicted octanol–water partition coefficient (Wildman–Crippen LogP) is 4.11. The molecule has 2 atom stereocenters. The van der Waals surface area contributed by atoms with Crippen molar-refractivity contribution in [3.05, 3.63) is 0 Å². The summed E-state index contributed by atoms with van der Waals surface area (Å²) in [5.74, 6) is 0. The summed E-state index contributed by atoms with van der Waals surface area (Å²) in [4.78, 5) is 0. The second-order valence-corrected chi connectivity index (χ2v) is 10.5. The molecule has 176 valence electrons. The fourth-order valence-corrected chi connectivity index (χ4v) is 4.91. The zero-order valence-corrected chi connectivity index (χ0v) is 24.3. The molecule has 0 aromatic carbocycles. The van der Waals surface area contributed by atoms with Crippen LogP contribution in [0.5, 0.6) is 0 Å². The van der Waals surface area contributed by atoms with Crippen molar-refractivity contribution in [2.45, 2.75) is 154 Å². The molecule has 0 amide bonds. The van der Waals surface area contributed by atoms with Crippen LogP contribution in [0.4, 0.5) is 0 Å². The molecule has 0 radical (unpaired) electrons. The molecule has 0 heterocycles. The van der Waals surface area contributed by atoms with Gasteiger partial charge in [-0.15, -0.1) is 0 Å². The summed E-state index contributed by atoms with van der Waals surface area (Å²) < 4.78 is 34.1. The summed E-state index contributed by atoms with van der Waals surface area (Å²) >= 11 is 0. The van der Waals surface area contributed by atoms with E-state index in [0.29, 0.717) is 25.7 Å². The molecule has 0 aliphatic carbocycles. The Kier molecular flexibility index (Phi) is 26.6. The van der Waals surface area contributed by atoms with Crippen LogP contribution in [0.1, 0.15) is 142 Å². The van der Waals surface area contributed by atoms with Crippen molar-refractivity contribution < 1.29 is 69.5 Å². The zero-order valence-electron chi connectivity index (χ0n) is 20.4. The first-order valence-corrected chi connectivity index (χ1v) is 14.0. The first kappa shape index (κ1) is 33.7. The second-order valence-electron chi connectivity index (χ2n) is 8.87. The fraction of sp³-hybridized carbons (Fsp3) is 1.00. The number of aliphatic hydroxyl groups is 1. The molecule has 0 bridgehead atoms. The number of rotatable bonds is 22. The van der Waals surface area contributed by atoms with E-state index in [4.69, 9.17) is 0 Å². The minimum absolute atomic E-state index is 0. The molecule has 0 aromatic rings. The molecular formula is C24H49KO4S. The summed E-state index contributed by atoms with van der Waals surface area (Å²) in [7, 11) is -4.22. The number of unbranched alkanes of at least 4 members (excludes halogenated alkanes) is 13. The minimum atomic E-state index is -4.22. The molecule has 1 N–H and O–H groups in total.